The van der Waals surface area contributed by atoms with Crippen molar-refractivity contribution in [2.45, 2.75) is 19.3 Å². The molecule has 8 aromatic carbocycles. The molecule has 4 nitrogen and oxygen atoms in total. The van der Waals surface area contributed by atoms with Crippen LogP contribution in [0.3, 0.4) is 0 Å². The van der Waals surface area contributed by atoms with E-state index in [1.54, 1.807) is 0 Å². The Balaban J connectivity index is 1.07. The first-order valence-corrected chi connectivity index (χ1v) is 18.8. The first kappa shape index (κ1) is 31.5. The number of rotatable bonds is 5. The van der Waals surface area contributed by atoms with Crippen LogP contribution in [-0.4, -0.2) is 0 Å². The first-order chi connectivity index (χ1) is 27.0. The van der Waals surface area contributed by atoms with E-state index in [9.17, 15) is 0 Å². The Morgan fingerprint density at radius 2 is 1.13 bits per heavy atom. The molecule has 0 unspecified atom stereocenters. The second kappa shape index (κ2) is 12.0. The van der Waals surface area contributed by atoms with Crippen molar-refractivity contribution in [3.63, 3.8) is 0 Å². The average molecular weight is 709 g/mol. The van der Waals surface area contributed by atoms with Gasteiger partial charge < -0.3 is 19.0 Å². The molecule has 3 heterocycles. The zero-order valence-corrected chi connectivity index (χ0v) is 30.5. The van der Waals surface area contributed by atoms with Crippen LogP contribution in [-0.2, 0) is 5.41 Å². The monoisotopic (exact) mass is 708 g/mol. The smallest absolute Gasteiger partial charge is 0.159 e. The topological polar surface area (TPSA) is 28.9 Å². The van der Waals surface area contributed by atoms with E-state index in [0.717, 1.165) is 67.4 Å². The highest BCUT2D eigenvalue weighted by Crippen LogP contribution is 2.61. The van der Waals surface area contributed by atoms with Gasteiger partial charge in [-0.1, -0.05) is 135 Å². The molecule has 0 N–H and O–H groups in total. The fourth-order valence-corrected chi connectivity index (χ4v) is 8.86. The first-order valence-electron chi connectivity index (χ1n) is 18.8. The van der Waals surface area contributed by atoms with E-state index in [2.05, 4.69) is 187 Å². The van der Waals surface area contributed by atoms with E-state index in [0.29, 0.717) is 0 Å². The van der Waals surface area contributed by atoms with Crippen LogP contribution in [0.5, 0.6) is 11.5 Å². The minimum atomic E-state index is -0.286. The number of ether oxygens (including phenoxy) is 1. The summed E-state index contributed by atoms with van der Waals surface area (Å²) >= 11 is 0. The van der Waals surface area contributed by atoms with Crippen molar-refractivity contribution in [2.75, 3.05) is 9.80 Å². The summed E-state index contributed by atoms with van der Waals surface area (Å²) in [6, 6.07) is 64.5. The molecule has 0 saturated heterocycles. The molecule has 0 radical (unpaired) electrons. The maximum absolute atomic E-state index is 6.61. The van der Waals surface area contributed by atoms with Crippen LogP contribution in [0.25, 0.3) is 44.2 Å². The van der Waals surface area contributed by atoms with Crippen molar-refractivity contribution < 1.29 is 9.15 Å². The van der Waals surface area contributed by atoms with Crippen LogP contribution in [0.1, 0.15) is 25.0 Å². The zero-order chi connectivity index (χ0) is 36.7. The third kappa shape index (κ3) is 4.78. The van der Waals surface area contributed by atoms with Gasteiger partial charge in [-0.3, -0.25) is 0 Å². The summed E-state index contributed by atoms with van der Waals surface area (Å²) in [5.41, 5.74) is 15.1. The molecule has 55 heavy (non-hydrogen) atoms. The van der Waals surface area contributed by atoms with Crippen molar-refractivity contribution in [3.05, 3.63) is 193 Å². The van der Waals surface area contributed by atoms with Crippen molar-refractivity contribution in [1.82, 2.24) is 0 Å². The van der Waals surface area contributed by atoms with Gasteiger partial charge in [0.2, 0.25) is 0 Å². The SMILES string of the molecule is CC1(C)c2ccccc2N2c3ccccc3Oc3ccc(-c4ccc(N(c5ccc(-c6ccccc6)cc5)c5cccc6c5oc5ccccc56)cc4)c1c32. The molecule has 0 aliphatic carbocycles. The molecule has 2 aliphatic rings. The van der Waals surface area contributed by atoms with Gasteiger partial charge in [-0.25, -0.2) is 0 Å². The summed E-state index contributed by atoms with van der Waals surface area (Å²) in [6.07, 6.45) is 0. The molecule has 11 rings (SSSR count). The van der Waals surface area contributed by atoms with Gasteiger partial charge in [-0.05, 0) is 94.0 Å². The molecular weight excluding hydrogens is 673 g/mol. The summed E-state index contributed by atoms with van der Waals surface area (Å²) in [5, 5.41) is 2.21. The molecular formula is C51H36N2O2. The summed E-state index contributed by atoms with van der Waals surface area (Å²) in [7, 11) is 0. The van der Waals surface area contributed by atoms with E-state index in [4.69, 9.17) is 9.15 Å². The van der Waals surface area contributed by atoms with Gasteiger partial charge >= 0.3 is 0 Å². The molecule has 0 bridgehead atoms. The van der Waals surface area contributed by atoms with Gasteiger partial charge in [-0.15, -0.1) is 0 Å². The highest BCUT2D eigenvalue weighted by atomic mass is 16.5. The number of benzene rings is 8. The van der Waals surface area contributed by atoms with Gasteiger partial charge in [0.15, 0.2) is 17.1 Å². The molecule has 9 aromatic rings. The zero-order valence-electron chi connectivity index (χ0n) is 30.5. The third-order valence-electron chi connectivity index (χ3n) is 11.4. The summed E-state index contributed by atoms with van der Waals surface area (Å²) < 4.78 is 13.2. The lowest BCUT2D eigenvalue weighted by Crippen LogP contribution is -2.33. The maximum Gasteiger partial charge on any atom is 0.159 e. The van der Waals surface area contributed by atoms with E-state index in [-0.39, 0.29) is 5.41 Å². The Morgan fingerprint density at radius 1 is 0.491 bits per heavy atom. The quantitative estimate of drug-likeness (QED) is 0.178. The highest BCUT2D eigenvalue weighted by molar-refractivity contribution is 6.10. The predicted octanol–water partition coefficient (Wildman–Crippen LogP) is 14.6. The maximum atomic E-state index is 6.61. The fraction of sp³-hybridized carbons (Fsp3) is 0.0588. The van der Waals surface area contributed by atoms with Crippen molar-refractivity contribution in [3.8, 4) is 33.8 Å². The number of hydrogen-bond acceptors (Lipinski definition) is 4. The normalized spacial score (nSPS) is 13.5. The van der Waals surface area contributed by atoms with Crippen LogP contribution in [0.15, 0.2) is 186 Å². The van der Waals surface area contributed by atoms with Crippen LogP contribution < -0.4 is 14.5 Å². The Bertz CT molecular complexity index is 2930. The Morgan fingerprint density at radius 3 is 1.93 bits per heavy atom. The van der Waals surface area contributed by atoms with Gasteiger partial charge in [0.1, 0.15) is 5.58 Å². The molecule has 2 aliphatic heterocycles. The van der Waals surface area contributed by atoms with Crippen LogP contribution in [0, 0.1) is 0 Å². The Labute approximate surface area is 320 Å². The molecule has 4 heteroatoms. The number of fused-ring (bicyclic) bond motifs is 7. The van der Waals surface area contributed by atoms with E-state index in [1.807, 2.05) is 18.2 Å². The number of nitrogens with zero attached hydrogens (tertiary/aromatic N) is 2. The molecule has 0 amide bonds. The number of hydrogen-bond donors (Lipinski definition) is 0. The lowest BCUT2D eigenvalue weighted by atomic mass is 9.70. The molecule has 0 spiro atoms. The molecule has 0 atom stereocenters. The molecule has 0 fully saturated rings. The van der Waals surface area contributed by atoms with Crippen molar-refractivity contribution in [2.24, 2.45) is 0 Å². The largest absolute Gasteiger partial charge is 0.454 e. The molecule has 262 valence electrons. The highest BCUT2D eigenvalue weighted by Gasteiger charge is 2.43. The standard InChI is InChI=1S/C51H36N2O2/c1-51(2)41-17-7-8-18-42(41)53-43-19-9-11-22-46(43)54-47-32-31-38(48(51)49(47)53)35-25-29-37(30-26-35)52(36-27-23-34(24-28-36)33-13-4-3-5-14-33)44-20-12-16-40-39-15-6-10-21-45(39)55-50(40)44/h3-32H,1-2H3. The fourth-order valence-electron chi connectivity index (χ4n) is 8.86. The average Bonchev–Trinajstić information content (AvgIpc) is 3.63. The third-order valence-corrected chi connectivity index (χ3v) is 11.4. The van der Waals surface area contributed by atoms with Crippen molar-refractivity contribution in [1.29, 1.82) is 0 Å². The van der Waals surface area contributed by atoms with Gasteiger partial charge in [0.25, 0.3) is 0 Å². The van der Waals surface area contributed by atoms with Crippen LogP contribution in [0.4, 0.5) is 34.1 Å². The Hall–Kier alpha value is -7.04. The van der Waals surface area contributed by atoms with E-state index >= 15 is 0 Å². The number of furan rings is 1. The molecule has 1 aromatic heterocycles. The van der Waals surface area contributed by atoms with Crippen LogP contribution in [0.2, 0.25) is 0 Å². The van der Waals surface area contributed by atoms with Crippen molar-refractivity contribution >= 4 is 56.1 Å². The van der Waals surface area contributed by atoms with Gasteiger partial charge in [-0.2, -0.15) is 0 Å². The van der Waals surface area contributed by atoms with E-state index in [1.165, 1.54) is 33.5 Å². The van der Waals surface area contributed by atoms with Crippen LogP contribution >= 0.6 is 0 Å². The lowest BCUT2D eigenvalue weighted by Gasteiger charge is -2.45. The second-order valence-corrected chi connectivity index (χ2v) is 14.9. The molecule has 0 saturated carbocycles. The minimum absolute atomic E-state index is 0.286. The summed E-state index contributed by atoms with van der Waals surface area (Å²) in [5.74, 6) is 1.74. The minimum Gasteiger partial charge on any atom is -0.454 e. The van der Waals surface area contributed by atoms with E-state index < -0.39 is 0 Å². The van der Waals surface area contributed by atoms with Gasteiger partial charge in [0.05, 0.1) is 22.7 Å². The number of para-hydroxylation sites is 5. The Kier molecular flexibility index (Phi) is 6.86. The lowest BCUT2D eigenvalue weighted by molar-refractivity contribution is 0.471. The second-order valence-electron chi connectivity index (χ2n) is 14.9. The number of anilines is 6. The predicted molar refractivity (Wildman–Crippen MR) is 226 cm³/mol. The summed E-state index contributed by atoms with van der Waals surface area (Å²) in [4.78, 5) is 4.71. The summed E-state index contributed by atoms with van der Waals surface area (Å²) in [6.45, 7) is 4.68. The van der Waals surface area contributed by atoms with Gasteiger partial charge in [0, 0.05) is 27.6 Å².